The molecular formula is C23H25F3N2O5S. The fourth-order valence-corrected chi connectivity index (χ4v) is 5.46. The van der Waals surface area contributed by atoms with E-state index in [-0.39, 0.29) is 38.4 Å². The van der Waals surface area contributed by atoms with E-state index in [1.807, 2.05) is 24.3 Å². The Labute approximate surface area is 196 Å². The number of piperidine rings is 1. The van der Waals surface area contributed by atoms with Crippen molar-refractivity contribution in [2.75, 3.05) is 32.9 Å². The second kappa shape index (κ2) is 8.86. The maximum atomic E-state index is 12.6. The molecule has 0 aliphatic carbocycles. The van der Waals surface area contributed by atoms with E-state index in [0.29, 0.717) is 11.3 Å². The van der Waals surface area contributed by atoms with Crippen molar-refractivity contribution in [3.63, 3.8) is 0 Å². The molecule has 1 amide bonds. The molecule has 0 aromatic heterocycles. The lowest BCUT2D eigenvalue weighted by Gasteiger charge is -2.43. The van der Waals surface area contributed by atoms with Gasteiger partial charge in [-0.15, -0.1) is 0 Å². The molecule has 184 valence electrons. The van der Waals surface area contributed by atoms with Gasteiger partial charge in [0.2, 0.25) is 15.8 Å². The smallest absolute Gasteiger partial charge is 0.404 e. The topological polar surface area (TPSA) is 76.2 Å². The summed E-state index contributed by atoms with van der Waals surface area (Å²) in [5.41, 5.74) is 3.23. The number of halogens is 3. The van der Waals surface area contributed by atoms with Crippen molar-refractivity contribution in [3.05, 3.63) is 53.6 Å². The van der Waals surface area contributed by atoms with E-state index in [1.165, 1.54) is 4.90 Å². The van der Waals surface area contributed by atoms with Crippen LogP contribution in [0.1, 0.15) is 28.8 Å². The van der Waals surface area contributed by atoms with Gasteiger partial charge in [-0.2, -0.15) is 13.2 Å². The molecule has 11 heteroatoms. The van der Waals surface area contributed by atoms with Crippen LogP contribution >= 0.6 is 0 Å². The molecule has 0 radical (unpaired) electrons. The molecule has 1 saturated heterocycles. The van der Waals surface area contributed by atoms with Crippen molar-refractivity contribution in [2.24, 2.45) is 0 Å². The Morgan fingerprint density at radius 2 is 1.68 bits per heavy atom. The summed E-state index contributed by atoms with van der Waals surface area (Å²) >= 11 is 0. The minimum absolute atomic E-state index is 0.0821. The van der Waals surface area contributed by atoms with Crippen LogP contribution in [0.5, 0.6) is 5.75 Å². The summed E-state index contributed by atoms with van der Waals surface area (Å²) in [4.78, 5) is 13.6. The summed E-state index contributed by atoms with van der Waals surface area (Å²) in [6.07, 6.45) is -4.52. The lowest BCUT2D eigenvalue weighted by molar-refractivity contribution is -0.223. The Morgan fingerprint density at radius 3 is 2.26 bits per heavy atom. The quantitative estimate of drug-likeness (QED) is 0.643. The van der Waals surface area contributed by atoms with Crippen molar-refractivity contribution in [1.82, 2.24) is 9.21 Å². The molecule has 0 N–H and O–H groups in total. The first-order valence-electron chi connectivity index (χ1n) is 10.7. The summed E-state index contributed by atoms with van der Waals surface area (Å²) in [7, 11) is -1.05. The van der Waals surface area contributed by atoms with E-state index in [2.05, 4.69) is 0 Å². The Kier molecular flexibility index (Phi) is 6.38. The van der Waals surface area contributed by atoms with Gasteiger partial charge in [0.05, 0.1) is 6.61 Å². The predicted molar refractivity (Wildman–Crippen MR) is 119 cm³/mol. The molecule has 1 fully saturated rings. The number of carbonyl (C=O) groups is 1. The average molecular weight is 499 g/mol. The molecule has 34 heavy (non-hydrogen) atoms. The molecule has 0 bridgehead atoms. The zero-order chi connectivity index (χ0) is 24.7. The van der Waals surface area contributed by atoms with Gasteiger partial charge in [0.1, 0.15) is 5.75 Å². The molecule has 2 heterocycles. The zero-order valence-corrected chi connectivity index (χ0v) is 19.6. The number of hydrogen-bond acceptors (Lipinski definition) is 5. The number of fused-ring (bicyclic) bond motifs is 1. The van der Waals surface area contributed by atoms with Gasteiger partial charge in [0.25, 0.3) is 5.91 Å². The van der Waals surface area contributed by atoms with Crippen molar-refractivity contribution >= 4 is 15.9 Å². The molecule has 4 rings (SSSR count). The van der Waals surface area contributed by atoms with Gasteiger partial charge in [-0.25, -0.2) is 12.7 Å². The van der Waals surface area contributed by atoms with Gasteiger partial charge in [-0.05, 0) is 35.4 Å². The van der Waals surface area contributed by atoms with Crippen LogP contribution < -0.4 is 4.74 Å². The van der Waals surface area contributed by atoms with E-state index in [1.54, 1.807) is 32.3 Å². The van der Waals surface area contributed by atoms with Crippen molar-refractivity contribution in [3.8, 4) is 16.9 Å². The summed E-state index contributed by atoms with van der Waals surface area (Å²) in [5.74, 6) is -2.42. The van der Waals surface area contributed by atoms with Crippen LogP contribution in [0.3, 0.4) is 0 Å². The van der Waals surface area contributed by atoms with E-state index >= 15 is 0 Å². The zero-order valence-electron chi connectivity index (χ0n) is 18.8. The van der Waals surface area contributed by atoms with Gasteiger partial charge in [0.15, 0.2) is 5.75 Å². The highest BCUT2D eigenvalue weighted by molar-refractivity contribution is 7.89. The molecule has 7 nitrogen and oxygen atoms in total. The normalized spacial score (nSPS) is 18.3. The third-order valence-electron chi connectivity index (χ3n) is 5.94. The average Bonchev–Trinajstić information content (AvgIpc) is 2.77. The Hall–Kier alpha value is -2.63. The van der Waals surface area contributed by atoms with Crippen LogP contribution in [0, 0.1) is 0 Å². The first-order valence-corrected chi connectivity index (χ1v) is 12.3. The number of benzene rings is 2. The number of ether oxygens (including phenoxy) is 2. The summed E-state index contributed by atoms with van der Waals surface area (Å²) in [5, 5.41) is 0. The second-order valence-electron chi connectivity index (χ2n) is 8.67. The number of sulfonamides is 1. The van der Waals surface area contributed by atoms with E-state index in [9.17, 15) is 26.4 Å². The Balaban J connectivity index is 1.44. The number of nitrogens with zero attached hydrogens (tertiary/aromatic N) is 2. The second-order valence-corrected chi connectivity index (χ2v) is 10.6. The monoisotopic (exact) mass is 498 g/mol. The number of amides is 1. The van der Waals surface area contributed by atoms with Crippen LogP contribution in [0.4, 0.5) is 13.2 Å². The fourth-order valence-electron chi connectivity index (χ4n) is 4.12. The van der Waals surface area contributed by atoms with Crippen LogP contribution in [-0.4, -0.2) is 68.4 Å². The SMILES string of the molecule is CN(C)C(=O)c1ccc(-c2ccc3c(c2)COC2(CCN(S(=O)(=O)CC(F)(F)F)CC2)O3)cc1. The molecule has 0 unspecified atom stereocenters. The third-order valence-corrected chi connectivity index (χ3v) is 7.79. The molecule has 2 aromatic rings. The maximum absolute atomic E-state index is 12.6. The summed E-state index contributed by atoms with van der Waals surface area (Å²) in [6, 6.07) is 12.9. The molecule has 0 saturated carbocycles. The van der Waals surface area contributed by atoms with Gasteiger partial charge in [-0.1, -0.05) is 18.2 Å². The van der Waals surface area contributed by atoms with Crippen LogP contribution in [0.25, 0.3) is 11.1 Å². The molecule has 2 aliphatic heterocycles. The van der Waals surface area contributed by atoms with Crippen molar-refractivity contribution < 1.29 is 35.9 Å². The molecule has 2 aromatic carbocycles. The minimum atomic E-state index is -4.79. The van der Waals surface area contributed by atoms with E-state index in [0.717, 1.165) is 21.0 Å². The Bertz CT molecular complexity index is 1170. The van der Waals surface area contributed by atoms with Gasteiger partial charge >= 0.3 is 6.18 Å². The number of hydrogen-bond donors (Lipinski definition) is 0. The van der Waals surface area contributed by atoms with E-state index in [4.69, 9.17) is 9.47 Å². The lowest BCUT2D eigenvalue weighted by Crippen LogP contribution is -2.53. The molecular weight excluding hydrogens is 473 g/mol. The van der Waals surface area contributed by atoms with Gasteiger partial charge in [0, 0.05) is 51.2 Å². The molecule has 2 aliphatic rings. The van der Waals surface area contributed by atoms with Crippen molar-refractivity contribution in [2.45, 2.75) is 31.4 Å². The predicted octanol–water partition coefficient (Wildman–Crippen LogP) is 3.65. The first kappa shape index (κ1) is 24.5. The highest BCUT2D eigenvalue weighted by Crippen LogP contribution is 2.39. The standard InChI is InChI=1S/C23H25F3N2O5S/c1-27(2)21(29)17-5-3-16(4-6-17)18-7-8-20-19(13-18)14-32-22(33-20)9-11-28(12-10-22)34(30,31)15-23(24,25)26/h3-8,13H,9-12,14-15H2,1-2H3. The van der Waals surface area contributed by atoms with E-state index < -0.39 is 27.7 Å². The van der Waals surface area contributed by atoms with Gasteiger partial charge in [-0.3, -0.25) is 4.79 Å². The van der Waals surface area contributed by atoms with Gasteiger partial charge < -0.3 is 14.4 Å². The molecule has 1 spiro atoms. The largest absolute Gasteiger partial charge is 0.462 e. The Morgan fingerprint density at radius 1 is 1.06 bits per heavy atom. The first-order chi connectivity index (χ1) is 15.9. The third kappa shape index (κ3) is 5.21. The maximum Gasteiger partial charge on any atom is 0.404 e. The number of alkyl halides is 3. The number of carbonyl (C=O) groups excluding carboxylic acids is 1. The minimum Gasteiger partial charge on any atom is -0.462 e. The number of rotatable bonds is 4. The lowest BCUT2D eigenvalue weighted by atomic mass is 9.99. The van der Waals surface area contributed by atoms with Crippen molar-refractivity contribution in [1.29, 1.82) is 0 Å². The molecule has 0 atom stereocenters. The van der Waals surface area contributed by atoms with Crippen LogP contribution in [-0.2, 0) is 21.4 Å². The highest BCUT2D eigenvalue weighted by Gasteiger charge is 2.45. The summed E-state index contributed by atoms with van der Waals surface area (Å²) < 4.78 is 74.7. The van der Waals surface area contributed by atoms with Crippen LogP contribution in [0.15, 0.2) is 42.5 Å². The summed E-state index contributed by atoms with van der Waals surface area (Å²) in [6.45, 7) is 0.0172. The van der Waals surface area contributed by atoms with Crippen LogP contribution in [0.2, 0.25) is 0 Å². The fraction of sp³-hybridized carbons (Fsp3) is 0.435. The highest BCUT2D eigenvalue weighted by atomic mass is 32.2.